The van der Waals surface area contributed by atoms with Gasteiger partial charge in [0.05, 0.1) is 55.6 Å². The molecule has 7 aliphatic rings. The summed E-state index contributed by atoms with van der Waals surface area (Å²) in [6, 6.07) is 11.4. The second-order valence-electron chi connectivity index (χ2n) is 19.3. The van der Waals surface area contributed by atoms with Crippen molar-refractivity contribution in [2.24, 2.45) is 33.5 Å². The minimum Gasteiger partial charge on any atom is -0.493 e. The van der Waals surface area contributed by atoms with Crippen LogP contribution in [0.2, 0.25) is 5.02 Å². The van der Waals surface area contributed by atoms with Crippen LogP contribution < -0.4 is 9.47 Å². The number of alkyl halides is 3. The Kier molecular flexibility index (Phi) is 10.6. The van der Waals surface area contributed by atoms with Crippen molar-refractivity contribution >= 4 is 23.3 Å². The lowest BCUT2D eigenvalue weighted by atomic mass is 9.32. The quantitative estimate of drug-likeness (QED) is 0.145. The highest BCUT2D eigenvalue weighted by molar-refractivity contribution is 6.33. The molecule has 1 unspecified atom stereocenters. The van der Waals surface area contributed by atoms with Crippen molar-refractivity contribution in [1.29, 1.82) is 0 Å². The molecule has 2 bridgehead atoms. The van der Waals surface area contributed by atoms with E-state index in [0.717, 1.165) is 37.0 Å². The maximum Gasteiger partial charge on any atom is 0.416 e. The normalized spacial score (nSPS) is 34.6. The molecule has 1 aliphatic heterocycles. The van der Waals surface area contributed by atoms with E-state index in [1.807, 2.05) is 6.07 Å². The van der Waals surface area contributed by atoms with Crippen LogP contribution in [0.5, 0.6) is 11.5 Å². The lowest BCUT2D eigenvalue weighted by Gasteiger charge is -2.71. The third-order valence-corrected chi connectivity index (χ3v) is 16.7. The molecule has 13 heteroatoms. The number of aliphatic hydroxyl groups is 2. The number of Topliss-reactive ketones (excluding diaryl/α,β-unsaturated/α-hetero) is 1. The molecule has 332 valence electrons. The Morgan fingerprint density at radius 3 is 2.39 bits per heavy atom. The van der Waals surface area contributed by atoms with Gasteiger partial charge in [-0.05, 0) is 123 Å². The molecular formula is C49H55ClF3NO8. The zero-order valence-corrected chi connectivity index (χ0v) is 36.4. The topological polar surface area (TPSA) is 119 Å². The highest BCUT2D eigenvalue weighted by Crippen LogP contribution is 2.78. The van der Waals surface area contributed by atoms with Gasteiger partial charge in [-0.1, -0.05) is 49.7 Å². The fourth-order valence-corrected chi connectivity index (χ4v) is 13.3. The molecule has 2 aromatic carbocycles. The predicted molar refractivity (Wildman–Crippen MR) is 226 cm³/mol. The molecule has 2 N–H and O–H groups in total. The van der Waals surface area contributed by atoms with E-state index in [2.05, 4.69) is 32.1 Å². The van der Waals surface area contributed by atoms with E-state index in [1.165, 1.54) is 18.2 Å². The van der Waals surface area contributed by atoms with E-state index >= 15 is 4.79 Å². The van der Waals surface area contributed by atoms with Crippen molar-refractivity contribution < 1.29 is 51.6 Å². The summed E-state index contributed by atoms with van der Waals surface area (Å²) in [6.07, 6.45) is 7.16. The summed E-state index contributed by atoms with van der Waals surface area (Å²) in [5.74, 6) is 0.351. The second kappa shape index (κ2) is 15.3. The van der Waals surface area contributed by atoms with Gasteiger partial charge in [-0.2, -0.15) is 13.2 Å². The third kappa shape index (κ3) is 6.59. The number of allylic oxidation sites excluding steroid dienone is 4. The summed E-state index contributed by atoms with van der Waals surface area (Å²) in [5, 5.41) is 24.4. The molecule has 1 saturated heterocycles. The number of carbonyl (C=O) groups excluding carboxylic acids is 2. The van der Waals surface area contributed by atoms with Crippen molar-refractivity contribution in [1.82, 2.24) is 4.90 Å². The van der Waals surface area contributed by atoms with Crippen LogP contribution in [-0.4, -0.2) is 78.5 Å². The molecule has 4 fully saturated rings. The maximum absolute atomic E-state index is 15.2. The van der Waals surface area contributed by atoms with Crippen LogP contribution >= 0.6 is 11.6 Å². The first-order valence-corrected chi connectivity index (χ1v) is 22.2. The fourth-order valence-electron chi connectivity index (χ4n) is 13.1. The highest BCUT2D eigenvalue weighted by atomic mass is 35.5. The van der Waals surface area contributed by atoms with Gasteiger partial charge in [0.2, 0.25) is 11.7 Å². The number of nitrogens with zero attached hydrogens (tertiary/aromatic N) is 1. The van der Waals surface area contributed by atoms with Gasteiger partial charge in [0.15, 0.2) is 17.3 Å². The molecule has 10 rings (SSSR count). The average molecular weight is 878 g/mol. The van der Waals surface area contributed by atoms with Crippen LogP contribution in [0.15, 0.2) is 76.7 Å². The minimum absolute atomic E-state index is 0.0149. The summed E-state index contributed by atoms with van der Waals surface area (Å²) in [7, 11) is 3.11. The van der Waals surface area contributed by atoms with Crippen molar-refractivity contribution in [2.45, 2.75) is 102 Å². The Morgan fingerprint density at radius 1 is 0.919 bits per heavy atom. The Hall–Kier alpha value is -4.10. The first-order chi connectivity index (χ1) is 29.4. The average Bonchev–Trinajstić information content (AvgIpc) is 4.00. The number of hydrogen-bond acceptors (Lipinski definition) is 8. The summed E-state index contributed by atoms with van der Waals surface area (Å²) in [6.45, 7) is 5.47. The number of ether oxygens (including phenoxy) is 3. The highest BCUT2D eigenvalue weighted by Gasteiger charge is 2.74. The van der Waals surface area contributed by atoms with E-state index in [9.17, 15) is 28.2 Å². The number of carbonyl (C=O) groups is 2. The first-order valence-electron chi connectivity index (χ1n) is 21.9. The molecule has 9 nitrogen and oxygen atoms in total. The number of furan rings is 1. The molecular weight excluding hydrogens is 823 g/mol. The number of methoxy groups -OCH3 is 2. The number of ketones is 1. The van der Waals surface area contributed by atoms with E-state index < -0.39 is 39.7 Å². The van der Waals surface area contributed by atoms with Crippen LogP contribution in [0, 0.1) is 33.5 Å². The number of hydrogen-bond donors (Lipinski definition) is 2. The van der Waals surface area contributed by atoms with Crippen LogP contribution in [0.25, 0.3) is 11.3 Å². The van der Waals surface area contributed by atoms with Crippen LogP contribution in [0.3, 0.4) is 0 Å². The van der Waals surface area contributed by atoms with Crippen LogP contribution in [0.4, 0.5) is 13.2 Å². The SMILES string of the molecule is COc1ccc(CC(=O)N(C[C@H]2CCCO2)C[C@]2(O)CC[C@H]3[C@]45C=C[C@@]6(C=C4C(=O)c4ccc(-c7cc(C(F)(F)F)ccc7Cl)o4)CC(O)CC[C@]6(C)[C@H]5CC[C@@]32C)cc1OC. The maximum atomic E-state index is 15.2. The molecule has 6 aliphatic carbocycles. The van der Waals surface area contributed by atoms with Gasteiger partial charge < -0.3 is 33.7 Å². The monoisotopic (exact) mass is 877 g/mol. The summed E-state index contributed by atoms with van der Waals surface area (Å²) in [5.41, 5.74) is -3.39. The molecule has 3 aromatic rings. The zero-order valence-electron chi connectivity index (χ0n) is 35.7. The lowest BCUT2D eigenvalue weighted by Crippen LogP contribution is -2.67. The number of amides is 1. The van der Waals surface area contributed by atoms with Crippen molar-refractivity contribution in [3.05, 3.63) is 94.2 Å². The van der Waals surface area contributed by atoms with Crippen molar-refractivity contribution in [3.63, 3.8) is 0 Å². The van der Waals surface area contributed by atoms with Crippen LogP contribution in [-0.2, 0) is 22.1 Å². The molecule has 2 heterocycles. The van der Waals surface area contributed by atoms with Gasteiger partial charge in [0.25, 0.3) is 0 Å². The molecule has 62 heavy (non-hydrogen) atoms. The van der Waals surface area contributed by atoms with Gasteiger partial charge >= 0.3 is 6.18 Å². The standard InChI is InChI=1S/C49H55ClF3NO8/c1-44-16-13-31(55)25-46(44)19-20-48(34(26-46)43(57)38-12-11-36(62-38)33-24-30(49(51,52)53)8-9-35(33)50)40(44)14-17-45(2)41(48)15-18-47(45,58)28-54(27-32-6-5-21-61-32)42(56)23-29-7-10-37(59-3)39(22-29)60-4/h7-12,19-20,22,24,26,31-32,40-41,55,58H,5-6,13-18,21,23,25,27-28H2,1-4H3/t31?,32-,40-,41-,44-,45+,46+,47-,48-/m1/s1. The van der Waals surface area contributed by atoms with Gasteiger partial charge in [0, 0.05) is 40.5 Å². The van der Waals surface area contributed by atoms with Gasteiger partial charge in [-0.25, -0.2) is 0 Å². The number of rotatable bonds is 11. The second-order valence-corrected chi connectivity index (χ2v) is 19.7. The lowest BCUT2D eigenvalue weighted by molar-refractivity contribution is -0.179. The smallest absolute Gasteiger partial charge is 0.416 e. The van der Waals surface area contributed by atoms with Crippen molar-refractivity contribution in [3.8, 4) is 22.8 Å². The van der Waals surface area contributed by atoms with Gasteiger partial charge in [0.1, 0.15) is 5.76 Å². The van der Waals surface area contributed by atoms with Gasteiger partial charge in [-0.15, -0.1) is 0 Å². The number of aliphatic hydroxyl groups excluding tert-OH is 1. The molecule has 3 saturated carbocycles. The molecule has 1 aromatic heterocycles. The largest absolute Gasteiger partial charge is 0.493 e. The van der Waals surface area contributed by atoms with E-state index in [0.29, 0.717) is 68.7 Å². The number of benzene rings is 2. The van der Waals surface area contributed by atoms with Gasteiger partial charge in [-0.3, -0.25) is 9.59 Å². The Balaban J connectivity index is 1.08. The summed E-state index contributed by atoms with van der Waals surface area (Å²) < 4.78 is 64.4. The zero-order chi connectivity index (χ0) is 44.0. The Labute approximate surface area is 365 Å². The molecule has 9 atom stereocenters. The molecule has 0 radical (unpaired) electrons. The number of fused-ring (bicyclic) bond motifs is 1. The Morgan fingerprint density at radius 2 is 1.66 bits per heavy atom. The van der Waals surface area contributed by atoms with E-state index in [-0.39, 0.29) is 70.1 Å². The minimum atomic E-state index is -4.61. The third-order valence-electron chi connectivity index (χ3n) is 16.4. The van der Waals surface area contributed by atoms with E-state index in [1.54, 1.807) is 31.3 Å². The fraction of sp³-hybridized carbons (Fsp3) is 0.551. The summed E-state index contributed by atoms with van der Waals surface area (Å²) in [4.78, 5) is 31.4. The summed E-state index contributed by atoms with van der Waals surface area (Å²) >= 11 is 6.41. The van der Waals surface area contributed by atoms with Crippen molar-refractivity contribution in [2.75, 3.05) is 33.9 Å². The van der Waals surface area contributed by atoms with E-state index in [4.69, 9.17) is 30.2 Å². The first kappa shape index (κ1) is 43.2. The Bertz CT molecular complexity index is 2340. The number of halogens is 4. The van der Waals surface area contributed by atoms with Crippen LogP contribution in [0.1, 0.15) is 93.3 Å². The molecule has 2 spiro atoms. The molecule has 1 amide bonds. The predicted octanol–water partition coefficient (Wildman–Crippen LogP) is 9.66.